The van der Waals surface area contributed by atoms with Gasteiger partial charge in [-0.05, 0) is 60.4 Å². The molecule has 0 saturated carbocycles. The number of nitrogens with zero attached hydrogens (tertiary/aromatic N) is 4. The molecule has 0 radical (unpaired) electrons. The number of aromatic nitrogens is 4. The molecule has 2 aliphatic heterocycles. The minimum Gasteiger partial charge on any atom is -0.492 e. The summed E-state index contributed by atoms with van der Waals surface area (Å²) in [4.78, 5) is 70.8. The number of hydrogen-bond acceptors (Lipinski definition) is 9. The fourth-order valence-electron chi connectivity index (χ4n) is 7.29. The Hall–Kier alpha value is -5.86. The van der Waals surface area contributed by atoms with Gasteiger partial charge in [-0.3, -0.25) is 9.59 Å². The molecule has 0 aliphatic carbocycles. The van der Waals surface area contributed by atoms with Crippen LogP contribution in [0.5, 0.6) is 5.75 Å². The van der Waals surface area contributed by atoms with Crippen LogP contribution in [-0.4, -0.2) is 100 Å². The van der Waals surface area contributed by atoms with Crippen molar-refractivity contribution in [2.45, 2.75) is 78.0 Å². The van der Waals surface area contributed by atoms with Crippen LogP contribution in [0.15, 0.2) is 48.7 Å². The highest BCUT2D eigenvalue weighted by atomic mass is 16.5. The number of ether oxygens (including phenoxy) is 3. The fraction of sp³-hybridized carbons (Fsp3) is 0.463. The summed E-state index contributed by atoms with van der Waals surface area (Å²) >= 11 is 0. The highest BCUT2D eigenvalue weighted by Crippen LogP contribution is 2.39. The van der Waals surface area contributed by atoms with E-state index < -0.39 is 30.3 Å². The quantitative estimate of drug-likeness (QED) is 0.142. The molecule has 6 rings (SSSR count). The lowest BCUT2D eigenvalue weighted by Gasteiger charge is -2.30. The van der Waals surface area contributed by atoms with Gasteiger partial charge >= 0.3 is 12.2 Å². The van der Waals surface area contributed by atoms with Crippen LogP contribution < -0.4 is 15.4 Å². The van der Waals surface area contributed by atoms with E-state index in [1.54, 1.807) is 23.0 Å². The number of rotatable bonds is 11. The number of alkyl carbamates (subject to hydrolysis) is 2. The smallest absolute Gasteiger partial charge is 0.407 e. The third kappa shape index (κ3) is 8.21. The zero-order chi connectivity index (χ0) is 40.3. The molecule has 4 aromatic rings. The number of fused-ring (bicyclic) bond motifs is 3. The van der Waals surface area contributed by atoms with Gasteiger partial charge in [0.1, 0.15) is 29.5 Å². The third-order valence-electron chi connectivity index (χ3n) is 10.7. The normalized spacial score (nSPS) is 16.5. The maximum absolute atomic E-state index is 13.6. The van der Waals surface area contributed by atoms with Crippen molar-refractivity contribution in [3.63, 3.8) is 0 Å². The highest BCUT2D eigenvalue weighted by molar-refractivity contribution is 5.87. The molecule has 15 heteroatoms. The van der Waals surface area contributed by atoms with Gasteiger partial charge in [0.2, 0.25) is 11.8 Å². The minimum atomic E-state index is -0.747. The largest absolute Gasteiger partial charge is 0.492 e. The number of carbonyl (C=O) groups excluding carboxylic acids is 4. The molecule has 0 spiro atoms. The van der Waals surface area contributed by atoms with Gasteiger partial charge in [0, 0.05) is 31.3 Å². The molecule has 1 saturated heterocycles. The second-order valence-electron chi connectivity index (χ2n) is 15.0. The van der Waals surface area contributed by atoms with E-state index >= 15 is 0 Å². The predicted molar refractivity (Wildman–Crippen MR) is 209 cm³/mol. The Morgan fingerprint density at radius 1 is 0.893 bits per heavy atom. The van der Waals surface area contributed by atoms with Crippen molar-refractivity contribution in [1.29, 1.82) is 0 Å². The summed E-state index contributed by atoms with van der Waals surface area (Å²) in [7, 11) is 4.26. The van der Waals surface area contributed by atoms with Gasteiger partial charge in [-0.25, -0.2) is 19.6 Å². The minimum absolute atomic E-state index is 0.113. The van der Waals surface area contributed by atoms with Crippen molar-refractivity contribution in [1.82, 2.24) is 40.4 Å². The molecule has 0 unspecified atom stereocenters. The Morgan fingerprint density at radius 2 is 1.54 bits per heavy atom. The fourth-order valence-corrected chi connectivity index (χ4v) is 7.29. The lowest BCUT2D eigenvalue weighted by atomic mass is 9.99. The van der Waals surface area contributed by atoms with Gasteiger partial charge in [0.05, 0.1) is 50.5 Å². The first-order chi connectivity index (χ1) is 26.8. The summed E-state index contributed by atoms with van der Waals surface area (Å²) in [5, 5.41) is 5.35. The van der Waals surface area contributed by atoms with Crippen molar-refractivity contribution < 1.29 is 33.4 Å². The number of H-pyrrole nitrogens is 2. The summed E-state index contributed by atoms with van der Waals surface area (Å²) in [6.07, 6.45) is 2.73. The SMILES string of the molecule is COC(=O)N[C@H](C(=O)N(C)[C@@H](C)c1nc2c([nH]1)CCOc1cc(-c3ccc(-c4cnc([C@@H]5CCCN5C(=O)[C@@H](NC(=O)OC)C(C)C)[nH]4)cc3)ccc1-2)C(C)C. The molecule has 0 bridgehead atoms. The van der Waals surface area contributed by atoms with Crippen LogP contribution in [0.1, 0.15) is 76.9 Å². The van der Waals surface area contributed by atoms with Crippen LogP contribution in [0, 0.1) is 11.8 Å². The number of imidazole rings is 2. The number of carbonyl (C=O) groups is 4. The van der Waals surface area contributed by atoms with Gasteiger partial charge in [0.25, 0.3) is 0 Å². The Balaban J connectivity index is 1.16. The number of nitrogens with one attached hydrogen (secondary N) is 4. The summed E-state index contributed by atoms with van der Waals surface area (Å²) < 4.78 is 15.7. The predicted octanol–water partition coefficient (Wildman–Crippen LogP) is 6.01. The number of methoxy groups -OCH3 is 2. The zero-order valence-electron chi connectivity index (χ0n) is 33.3. The summed E-state index contributed by atoms with van der Waals surface area (Å²) in [5.74, 6) is 1.42. The average molecular weight is 769 g/mol. The second kappa shape index (κ2) is 16.9. The van der Waals surface area contributed by atoms with Crippen molar-refractivity contribution in [3.05, 3.63) is 66.0 Å². The zero-order valence-corrected chi connectivity index (χ0v) is 33.3. The second-order valence-corrected chi connectivity index (χ2v) is 15.0. The summed E-state index contributed by atoms with van der Waals surface area (Å²) in [6, 6.07) is 12.2. The number of likely N-dealkylation sites (tertiary alicyclic amines) is 1. The molecule has 298 valence electrons. The molecule has 2 aliphatic rings. The van der Waals surface area contributed by atoms with Crippen molar-refractivity contribution in [2.24, 2.45) is 11.8 Å². The summed E-state index contributed by atoms with van der Waals surface area (Å²) in [5.41, 5.74) is 6.36. The standard InChI is InChI=1S/C41H52N8O7/c1-22(2)33(46-40(52)54-7)38(50)48(6)24(5)36-43-29-17-19-56-32-20-27(15-16-28(32)35(29)45-36)25-11-13-26(14-12-25)30-21-42-37(44-30)31-10-9-18-49(31)39(51)34(23(3)4)47-41(53)55-8/h11-16,20-24,31,33-34H,9-10,17-19H2,1-8H3,(H,42,44)(H,43,45)(H,46,52)(H,47,53)/t24-,31-,33-,34-/m0/s1. The van der Waals surface area contributed by atoms with Crippen LogP contribution in [0.3, 0.4) is 0 Å². The molecule has 56 heavy (non-hydrogen) atoms. The Morgan fingerprint density at radius 3 is 2.20 bits per heavy atom. The topological polar surface area (TPSA) is 184 Å². The molecule has 2 aromatic carbocycles. The number of likely N-dealkylation sites (N-methyl/N-ethyl adjacent to an activating group) is 1. The molecular formula is C41H52N8O7. The van der Waals surface area contributed by atoms with Crippen molar-refractivity contribution >= 4 is 24.0 Å². The highest BCUT2D eigenvalue weighted by Gasteiger charge is 2.38. The number of hydrogen-bond donors (Lipinski definition) is 4. The maximum atomic E-state index is 13.6. The number of amides is 4. The first-order valence-corrected chi connectivity index (χ1v) is 19.1. The van der Waals surface area contributed by atoms with Gasteiger partial charge in [-0.2, -0.15) is 0 Å². The van der Waals surface area contributed by atoms with Crippen molar-refractivity contribution in [3.8, 4) is 39.4 Å². The van der Waals surface area contributed by atoms with Gasteiger partial charge in [-0.1, -0.05) is 58.0 Å². The maximum Gasteiger partial charge on any atom is 0.407 e. The number of benzene rings is 2. The molecule has 4 N–H and O–H groups in total. The summed E-state index contributed by atoms with van der Waals surface area (Å²) in [6.45, 7) is 10.5. The number of aromatic amines is 2. The van der Waals surface area contributed by atoms with E-state index in [1.807, 2.05) is 65.0 Å². The Bertz CT molecular complexity index is 2060. The van der Waals surface area contributed by atoms with Gasteiger partial charge in [0.15, 0.2) is 0 Å². The first-order valence-electron chi connectivity index (χ1n) is 19.1. The van der Waals surface area contributed by atoms with E-state index in [0.29, 0.717) is 31.2 Å². The van der Waals surface area contributed by atoms with Gasteiger partial charge < -0.3 is 44.6 Å². The molecule has 15 nitrogen and oxygen atoms in total. The molecule has 4 heterocycles. The van der Waals surface area contributed by atoms with Crippen LogP contribution in [0.25, 0.3) is 33.6 Å². The lowest BCUT2D eigenvalue weighted by molar-refractivity contribution is -0.136. The van der Waals surface area contributed by atoms with E-state index in [9.17, 15) is 19.2 Å². The first kappa shape index (κ1) is 39.8. The van der Waals surface area contributed by atoms with Crippen LogP contribution >= 0.6 is 0 Å². The molecular weight excluding hydrogens is 716 g/mol. The molecule has 4 atom stereocenters. The van der Waals surface area contributed by atoms with E-state index in [4.69, 9.17) is 19.2 Å². The van der Waals surface area contributed by atoms with E-state index in [-0.39, 0.29) is 29.7 Å². The Kier molecular flexibility index (Phi) is 12.0. The third-order valence-corrected chi connectivity index (χ3v) is 10.7. The molecule has 4 amide bonds. The van der Waals surface area contributed by atoms with Crippen molar-refractivity contribution in [2.75, 3.05) is 34.4 Å². The van der Waals surface area contributed by atoms with Crippen LogP contribution in [-0.2, 0) is 25.5 Å². The van der Waals surface area contributed by atoms with Gasteiger partial charge in [-0.15, -0.1) is 0 Å². The van der Waals surface area contributed by atoms with E-state index in [2.05, 4.69) is 37.7 Å². The van der Waals surface area contributed by atoms with E-state index in [0.717, 1.165) is 57.9 Å². The van der Waals surface area contributed by atoms with Crippen LogP contribution in [0.2, 0.25) is 0 Å². The van der Waals surface area contributed by atoms with Crippen LogP contribution in [0.4, 0.5) is 9.59 Å². The monoisotopic (exact) mass is 768 g/mol. The Labute approximate surface area is 326 Å². The lowest BCUT2D eigenvalue weighted by Crippen LogP contribution is -2.51. The molecule has 1 fully saturated rings. The van der Waals surface area contributed by atoms with E-state index in [1.165, 1.54) is 14.2 Å². The molecule has 2 aromatic heterocycles. The average Bonchev–Trinajstić information content (AvgIpc) is 3.96.